The molecule has 0 radical (unpaired) electrons. The lowest BCUT2D eigenvalue weighted by molar-refractivity contribution is -0.128. The summed E-state index contributed by atoms with van der Waals surface area (Å²) in [5.74, 6) is -0.412. The highest BCUT2D eigenvalue weighted by Crippen LogP contribution is 2.37. The number of nitriles is 1. The first-order valence-electron chi connectivity index (χ1n) is 15.8. The van der Waals surface area contributed by atoms with Gasteiger partial charge in [-0.25, -0.2) is 4.39 Å². The van der Waals surface area contributed by atoms with Gasteiger partial charge in [0, 0.05) is 74.7 Å². The van der Waals surface area contributed by atoms with Crippen molar-refractivity contribution in [2.24, 2.45) is 0 Å². The molecular weight excluding hydrogens is 637 g/mol. The van der Waals surface area contributed by atoms with E-state index >= 15 is 4.39 Å². The van der Waals surface area contributed by atoms with Crippen molar-refractivity contribution >= 4 is 45.0 Å². The van der Waals surface area contributed by atoms with Crippen molar-refractivity contribution in [2.45, 2.75) is 31.0 Å². The van der Waals surface area contributed by atoms with Gasteiger partial charge in [-0.05, 0) is 24.9 Å². The van der Waals surface area contributed by atoms with Crippen LogP contribution in [-0.4, -0.2) is 110 Å². The molecule has 2 fully saturated rings. The van der Waals surface area contributed by atoms with E-state index in [1.807, 2.05) is 36.2 Å². The molecule has 48 heavy (non-hydrogen) atoms. The molecule has 13 heteroatoms. The lowest BCUT2D eigenvalue weighted by atomic mass is 10.0. The van der Waals surface area contributed by atoms with Gasteiger partial charge in [-0.2, -0.15) is 15.2 Å². The van der Waals surface area contributed by atoms with E-state index in [0.717, 1.165) is 18.4 Å². The maximum Gasteiger partial charge on any atom is 0.319 e. The van der Waals surface area contributed by atoms with Crippen molar-refractivity contribution in [3.05, 3.63) is 65.6 Å². The van der Waals surface area contributed by atoms with Crippen LogP contribution in [0.25, 0.3) is 32.9 Å². The van der Waals surface area contributed by atoms with Crippen LogP contribution in [0.4, 0.5) is 10.2 Å². The molecule has 1 amide bonds. The van der Waals surface area contributed by atoms with Gasteiger partial charge in [0.15, 0.2) is 5.82 Å². The fourth-order valence-electron chi connectivity index (χ4n) is 6.53. The third-order valence-electron chi connectivity index (χ3n) is 9.06. The summed E-state index contributed by atoms with van der Waals surface area (Å²) >= 11 is 6.60. The van der Waals surface area contributed by atoms with E-state index in [1.54, 1.807) is 43.5 Å². The van der Waals surface area contributed by atoms with Crippen LogP contribution >= 0.6 is 11.6 Å². The number of pyridine rings is 1. The Bertz CT molecular complexity index is 1880. The molecule has 2 saturated heterocycles. The number of benzene rings is 2. The molecule has 11 nitrogen and oxygen atoms in total. The molecule has 3 atom stereocenters. The maximum atomic E-state index is 16.7. The topological polar surface area (TPSA) is 117 Å². The van der Waals surface area contributed by atoms with Gasteiger partial charge in [0.2, 0.25) is 5.91 Å². The molecule has 0 bridgehead atoms. The summed E-state index contributed by atoms with van der Waals surface area (Å²) in [5, 5.41) is 12.1. The molecule has 0 spiro atoms. The highest BCUT2D eigenvalue weighted by molar-refractivity contribution is 6.36. The first-order chi connectivity index (χ1) is 23.3. The minimum Gasteiger partial charge on any atom is -0.462 e. The Morgan fingerprint density at radius 1 is 1.15 bits per heavy atom. The van der Waals surface area contributed by atoms with Gasteiger partial charge in [-0.1, -0.05) is 48.0 Å². The molecule has 1 unspecified atom stereocenters. The van der Waals surface area contributed by atoms with E-state index in [2.05, 4.69) is 20.9 Å². The molecule has 2 aliphatic heterocycles. The van der Waals surface area contributed by atoms with Gasteiger partial charge in [0.25, 0.3) is 0 Å². The molecule has 0 N–H and O–H groups in total. The van der Waals surface area contributed by atoms with Gasteiger partial charge in [0.1, 0.15) is 23.6 Å². The molecule has 2 aromatic carbocycles. The van der Waals surface area contributed by atoms with Crippen molar-refractivity contribution in [3.63, 3.8) is 0 Å². The largest absolute Gasteiger partial charge is 0.462 e. The normalized spacial score (nSPS) is 20.2. The van der Waals surface area contributed by atoms with Gasteiger partial charge in [-0.3, -0.25) is 14.7 Å². The maximum absolute atomic E-state index is 16.7. The molecule has 2 aromatic heterocycles. The Hall–Kier alpha value is -4.41. The number of aromatic nitrogens is 3. The second-order valence-corrected chi connectivity index (χ2v) is 12.4. The summed E-state index contributed by atoms with van der Waals surface area (Å²) in [6.07, 6.45) is 5.66. The lowest BCUT2D eigenvalue weighted by Gasteiger charge is -2.41. The average Bonchev–Trinajstić information content (AvgIpc) is 3.46. The number of amides is 1. The van der Waals surface area contributed by atoms with Crippen LogP contribution < -0.4 is 9.64 Å². The van der Waals surface area contributed by atoms with Crippen LogP contribution in [0.3, 0.4) is 0 Å². The molecule has 4 heterocycles. The molecule has 6 rings (SSSR count). The van der Waals surface area contributed by atoms with Crippen LogP contribution in [0.5, 0.6) is 6.01 Å². The van der Waals surface area contributed by atoms with Crippen molar-refractivity contribution in [1.29, 1.82) is 5.26 Å². The summed E-state index contributed by atoms with van der Waals surface area (Å²) in [6, 6.07) is 12.9. The van der Waals surface area contributed by atoms with Gasteiger partial charge in [-0.15, -0.1) is 0 Å². The van der Waals surface area contributed by atoms with Crippen molar-refractivity contribution < 1.29 is 23.4 Å². The lowest BCUT2D eigenvalue weighted by Crippen LogP contribution is -2.55. The molecule has 250 valence electrons. The van der Waals surface area contributed by atoms with Crippen LogP contribution in [0.15, 0.2) is 54.7 Å². The quantitative estimate of drug-likeness (QED) is 0.216. The number of piperazine rings is 1. The highest BCUT2D eigenvalue weighted by atomic mass is 35.5. The summed E-state index contributed by atoms with van der Waals surface area (Å²) in [7, 11) is 5.25. The fraction of sp³-hybridized carbons (Fsp3) is 0.400. The number of methoxy groups -OCH3 is 2. The zero-order valence-electron chi connectivity index (χ0n) is 27.1. The third kappa shape index (κ3) is 6.77. The Morgan fingerprint density at radius 3 is 2.71 bits per heavy atom. The number of ether oxygens (including phenoxy) is 3. The van der Waals surface area contributed by atoms with Crippen molar-refractivity contribution in [2.75, 3.05) is 65.6 Å². The second-order valence-electron chi connectivity index (χ2n) is 12.0. The van der Waals surface area contributed by atoms with E-state index in [4.69, 9.17) is 30.8 Å². The average molecular weight is 674 g/mol. The number of hydrogen-bond donors (Lipinski definition) is 0. The number of hydrogen-bond acceptors (Lipinski definition) is 10. The van der Waals surface area contributed by atoms with E-state index in [-0.39, 0.29) is 48.3 Å². The van der Waals surface area contributed by atoms with Crippen LogP contribution in [0, 0.1) is 17.1 Å². The molecule has 0 aliphatic carbocycles. The number of likely N-dealkylation sites (N-methyl/N-ethyl adjacent to an activating group) is 1. The first-order valence-corrected chi connectivity index (χ1v) is 16.2. The number of carbonyl (C=O) groups is 1. The summed E-state index contributed by atoms with van der Waals surface area (Å²) in [5.41, 5.74) is 0.702. The summed E-state index contributed by atoms with van der Waals surface area (Å²) < 4.78 is 33.5. The highest BCUT2D eigenvalue weighted by Gasteiger charge is 2.33. The zero-order valence-corrected chi connectivity index (χ0v) is 27.9. The van der Waals surface area contributed by atoms with Gasteiger partial charge >= 0.3 is 6.01 Å². The number of nitrogens with zero attached hydrogens (tertiary/aromatic N) is 7. The third-order valence-corrected chi connectivity index (χ3v) is 9.37. The molecular formula is C35H37ClFN7O4. The van der Waals surface area contributed by atoms with Crippen molar-refractivity contribution in [3.8, 4) is 23.3 Å². The van der Waals surface area contributed by atoms with Crippen LogP contribution in [0.2, 0.25) is 5.02 Å². The monoisotopic (exact) mass is 673 g/mol. The van der Waals surface area contributed by atoms with Crippen LogP contribution in [-0.2, 0) is 14.3 Å². The number of halogens is 2. The Labute approximate surface area is 283 Å². The fourth-order valence-corrected chi connectivity index (χ4v) is 6.82. The minimum absolute atomic E-state index is 0.0246. The summed E-state index contributed by atoms with van der Waals surface area (Å²) in [4.78, 5) is 32.8. The number of likely N-dealkylation sites (tertiary alicyclic amines) is 1. The van der Waals surface area contributed by atoms with Gasteiger partial charge < -0.3 is 24.0 Å². The number of carbonyl (C=O) groups excluding carboxylic acids is 1. The second kappa shape index (κ2) is 14.8. The number of fused-ring (bicyclic) bond motifs is 2. The first kappa shape index (κ1) is 33.5. The molecule has 0 saturated carbocycles. The predicted octanol–water partition coefficient (Wildman–Crippen LogP) is 4.87. The summed E-state index contributed by atoms with van der Waals surface area (Å²) in [6.45, 7) is 2.38. The van der Waals surface area contributed by atoms with Gasteiger partial charge in [0.05, 0.1) is 36.6 Å². The van der Waals surface area contributed by atoms with E-state index in [1.165, 1.54) is 6.08 Å². The predicted molar refractivity (Wildman–Crippen MR) is 182 cm³/mol. The Kier molecular flexibility index (Phi) is 10.3. The minimum atomic E-state index is -0.628. The SMILES string of the molecule is COC/C=C/C(=O)N1CCN(c2nc(OC[C@@H]3C[C@@H](OC)CN3C)nc3c(F)c(-c4cccc5cccc(Cl)c45)ncc23)CC1CC#N. The Morgan fingerprint density at radius 2 is 1.96 bits per heavy atom. The molecule has 2 aliphatic rings. The Balaban J connectivity index is 1.40. The van der Waals surface area contributed by atoms with Crippen LogP contribution in [0.1, 0.15) is 12.8 Å². The standard InChI is InChI=1S/C35H37ClFN7O4/c1-42-20-25(47-3)17-24(42)21-48-35-40-33-27(18-39-32(31(33)37)26-9-4-7-22-8-5-10-28(36)30(22)26)34(41-35)43-14-15-44(23(19-43)12-13-38)29(45)11-6-16-46-2/h4-11,18,23-25H,12,14-17,19-21H2,1-3H3/b11-6+/t23?,24-,25+/m0/s1. The number of anilines is 1. The van der Waals surface area contributed by atoms with E-state index in [9.17, 15) is 10.1 Å². The zero-order chi connectivity index (χ0) is 33.8. The van der Waals surface area contributed by atoms with E-state index in [0.29, 0.717) is 53.4 Å². The molecule has 4 aromatic rings. The smallest absolute Gasteiger partial charge is 0.319 e. The van der Waals surface area contributed by atoms with E-state index < -0.39 is 11.9 Å². The van der Waals surface area contributed by atoms with Crippen molar-refractivity contribution in [1.82, 2.24) is 24.8 Å². The number of rotatable bonds is 10.